The number of rotatable bonds is 3. The maximum Gasteiger partial charge on any atom is 0.378 e. The molecule has 0 saturated carbocycles. The van der Waals surface area contributed by atoms with E-state index in [4.69, 9.17) is 10.5 Å². The van der Waals surface area contributed by atoms with Crippen LogP contribution in [0.2, 0.25) is 0 Å². The van der Waals surface area contributed by atoms with Crippen molar-refractivity contribution >= 4 is 11.7 Å². The topological polar surface area (TPSA) is 56.2 Å². The van der Waals surface area contributed by atoms with E-state index in [0.29, 0.717) is 11.4 Å². The third-order valence-corrected chi connectivity index (χ3v) is 2.23. The molecule has 0 saturated heterocycles. The fourth-order valence-electron chi connectivity index (χ4n) is 1.42. The monoisotopic (exact) mass is 229 g/mol. The minimum absolute atomic E-state index is 0.162. The molecule has 0 fully saturated rings. The van der Waals surface area contributed by atoms with Crippen LogP contribution in [0.5, 0.6) is 5.75 Å². The van der Waals surface area contributed by atoms with Crippen LogP contribution in [0.25, 0.3) is 0 Å². The Morgan fingerprint density at radius 3 is 2.53 bits per heavy atom. The molecular weight excluding hydrogens is 216 g/mol. The summed E-state index contributed by atoms with van der Waals surface area (Å²) in [5, 5.41) is 0. The maximum absolute atomic E-state index is 11.6. The van der Waals surface area contributed by atoms with E-state index in [1.54, 1.807) is 41.2 Å². The number of anilines is 1. The fourth-order valence-corrected chi connectivity index (χ4v) is 1.42. The molecule has 4 heteroatoms. The summed E-state index contributed by atoms with van der Waals surface area (Å²) >= 11 is 0. The molecule has 0 unspecified atom stereocenters. The zero-order valence-electron chi connectivity index (χ0n) is 9.24. The molecular formula is C13H13N2O2+. The summed E-state index contributed by atoms with van der Waals surface area (Å²) in [6.07, 6.45) is 3.60. The Balaban J connectivity index is 2.01. The van der Waals surface area contributed by atoms with Gasteiger partial charge < -0.3 is 10.5 Å². The Hall–Kier alpha value is -2.36. The number of carbonyl (C=O) groups is 1. The third kappa shape index (κ3) is 3.04. The van der Waals surface area contributed by atoms with Crippen LogP contribution >= 0.6 is 0 Å². The maximum atomic E-state index is 11.6. The number of para-hydroxylation sites is 2. The van der Waals surface area contributed by atoms with Gasteiger partial charge in [-0.1, -0.05) is 18.2 Å². The lowest BCUT2D eigenvalue weighted by Crippen LogP contribution is -2.38. The summed E-state index contributed by atoms with van der Waals surface area (Å²) in [6.45, 7) is 0.162. The SMILES string of the molecule is Nc1ccccc1OC(=O)C[n+]1ccccc1. The van der Waals surface area contributed by atoms with Gasteiger partial charge >= 0.3 is 5.97 Å². The van der Waals surface area contributed by atoms with Crippen LogP contribution in [0.4, 0.5) is 5.69 Å². The van der Waals surface area contributed by atoms with E-state index < -0.39 is 0 Å². The summed E-state index contributed by atoms with van der Waals surface area (Å²) in [7, 11) is 0. The summed E-state index contributed by atoms with van der Waals surface area (Å²) in [6, 6.07) is 12.5. The minimum Gasteiger partial charge on any atom is -0.420 e. The molecule has 0 aliphatic carbocycles. The predicted molar refractivity (Wildman–Crippen MR) is 63.1 cm³/mol. The van der Waals surface area contributed by atoms with Gasteiger partial charge in [-0.15, -0.1) is 0 Å². The van der Waals surface area contributed by atoms with Crippen molar-refractivity contribution in [2.75, 3.05) is 5.73 Å². The van der Waals surface area contributed by atoms with Crippen molar-refractivity contribution in [1.82, 2.24) is 0 Å². The van der Waals surface area contributed by atoms with Crippen molar-refractivity contribution in [3.8, 4) is 5.75 Å². The number of esters is 1. The molecule has 1 heterocycles. The van der Waals surface area contributed by atoms with Crippen molar-refractivity contribution in [2.45, 2.75) is 6.54 Å². The minimum atomic E-state index is -0.348. The van der Waals surface area contributed by atoms with Crippen LogP contribution in [-0.2, 0) is 11.3 Å². The van der Waals surface area contributed by atoms with Gasteiger partial charge in [0.05, 0.1) is 5.69 Å². The van der Waals surface area contributed by atoms with Crippen LogP contribution in [0, 0.1) is 0 Å². The van der Waals surface area contributed by atoms with Gasteiger partial charge in [-0.3, -0.25) is 0 Å². The Morgan fingerprint density at radius 2 is 1.82 bits per heavy atom. The molecule has 86 valence electrons. The molecule has 1 aromatic heterocycles. The second-order valence-corrected chi connectivity index (χ2v) is 3.56. The number of carbonyl (C=O) groups excluding carboxylic acids is 1. The van der Waals surface area contributed by atoms with Crippen LogP contribution < -0.4 is 15.0 Å². The third-order valence-electron chi connectivity index (χ3n) is 2.23. The number of pyridine rings is 1. The molecule has 2 N–H and O–H groups in total. The van der Waals surface area contributed by atoms with Gasteiger partial charge in [0.25, 0.3) is 0 Å². The van der Waals surface area contributed by atoms with Crippen molar-refractivity contribution in [1.29, 1.82) is 0 Å². The molecule has 0 spiro atoms. The highest BCUT2D eigenvalue weighted by molar-refractivity contribution is 5.73. The lowest BCUT2D eigenvalue weighted by atomic mass is 10.3. The molecule has 17 heavy (non-hydrogen) atoms. The van der Waals surface area contributed by atoms with Gasteiger partial charge in [-0.05, 0) is 12.1 Å². The van der Waals surface area contributed by atoms with Crippen molar-refractivity contribution in [2.24, 2.45) is 0 Å². The average molecular weight is 229 g/mol. The van der Waals surface area contributed by atoms with Crippen LogP contribution in [0.15, 0.2) is 54.9 Å². The van der Waals surface area contributed by atoms with E-state index in [1.807, 2.05) is 18.2 Å². The Bertz CT molecular complexity index is 512. The molecule has 2 rings (SSSR count). The highest BCUT2D eigenvalue weighted by Gasteiger charge is 2.12. The van der Waals surface area contributed by atoms with Crippen molar-refractivity contribution in [3.05, 3.63) is 54.9 Å². The molecule has 0 amide bonds. The standard InChI is InChI=1S/C13H13N2O2/c14-11-6-2-3-7-12(11)17-13(16)10-15-8-4-1-5-9-15/h1-9H,10,14H2/q+1. The summed E-state index contributed by atoms with van der Waals surface area (Å²) < 4.78 is 6.90. The van der Waals surface area contributed by atoms with E-state index in [0.717, 1.165) is 0 Å². The first-order chi connectivity index (χ1) is 8.25. The molecule has 0 bridgehead atoms. The summed E-state index contributed by atoms with van der Waals surface area (Å²) in [5.74, 6) is 0.0492. The largest absolute Gasteiger partial charge is 0.420 e. The number of benzene rings is 1. The van der Waals surface area contributed by atoms with E-state index in [2.05, 4.69) is 0 Å². The molecule has 2 aromatic rings. The van der Waals surface area contributed by atoms with Crippen molar-refractivity contribution in [3.63, 3.8) is 0 Å². The van der Waals surface area contributed by atoms with E-state index in [9.17, 15) is 4.79 Å². The number of aromatic nitrogens is 1. The summed E-state index contributed by atoms with van der Waals surface area (Å²) in [5.41, 5.74) is 6.14. The van der Waals surface area contributed by atoms with E-state index in [1.165, 1.54) is 0 Å². The average Bonchev–Trinajstić information content (AvgIpc) is 2.33. The van der Waals surface area contributed by atoms with Crippen molar-refractivity contribution < 1.29 is 14.1 Å². The second kappa shape index (κ2) is 5.12. The lowest BCUT2D eigenvalue weighted by molar-refractivity contribution is -0.685. The van der Waals surface area contributed by atoms with Crippen LogP contribution in [0.3, 0.4) is 0 Å². The first kappa shape index (κ1) is 11.1. The quantitative estimate of drug-likeness (QED) is 0.372. The lowest BCUT2D eigenvalue weighted by Gasteiger charge is -2.04. The highest BCUT2D eigenvalue weighted by Crippen LogP contribution is 2.19. The van der Waals surface area contributed by atoms with Gasteiger partial charge in [0, 0.05) is 12.1 Å². The first-order valence-electron chi connectivity index (χ1n) is 5.25. The van der Waals surface area contributed by atoms with Crippen LogP contribution in [-0.4, -0.2) is 5.97 Å². The molecule has 0 atom stereocenters. The Kier molecular flexibility index (Phi) is 3.35. The van der Waals surface area contributed by atoms with Gasteiger partial charge in [0.2, 0.25) is 6.54 Å². The van der Waals surface area contributed by atoms with Crippen LogP contribution in [0.1, 0.15) is 0 Å². The smallest absolute Gasteiger partial charge is 0.378 e. The Labute approximate surface area is 99.3 Å². The molecule has 0 aliphatic heterocycles. The number of ether oxygens (including phenoxy) is 1. The normalized spacial score (nSPS) is 9.88. The van der Waals surface area contributed by atoms with Gasteiger partial charge in [0.1, 0.15) is 0 Å². The van der Waals surface area contributed by atoms with Gasteiger partial charge in [0.15, 0.2) is 18.1 Å². The zero-order valence-corrected chi connectivity index (χ0v) is 9.24. The second-order valence-electron chi connectivity index (χ2n) is 3.56. The number of hydrogen-bond acceptors (Lipinski definition) is 3. The number of nitrogens with zero attached hydrogens (tertiary/aromatic N) is 1. The van der Waals surface area contributed by atoms with Gasteiger partial charge in [-0.25, -0.2) is 4.79 Å². The van der Waals surface area contributed by atoms with Gasteiger partial charge in [-0.2, -0.15) is 4.57 Å². The predicted octanol–water partition coefficient (Wildman–Crippen LogP) is 1.16. The highest BCUT2D eigenvalue weighted by atomic mass is 16.5. The summed E-state index contributed by atoms with van der Waals surface area (Å²) in [4.78, 5) is 11.6. The number of nitrogens with two attached hydrogens (primary N) is 1. The first-order valence-corrected chi connectivity index (χ1v) is 5.25. The molecule has 0 radical (unpaired) electrons. The molecule has 1 aromatic carbocycles. The Morgan fingerprint density at radius 1 is 1.12 bits per heavy atom. The van der Waals surface area contributed by atoms with E-state index >= 15 is 0 Å². The molecule has 0 aliphatic rings. The van der Waals surface area contributed by atoms with E-state index in [-0.39, 0.29) is 12.5 Å². The molecule has 4 nitrogen and oxygen atoms in total. The zero-order chi connectivity index (χ0) is 12.1. The number of hydrogen-bond donors (Lipinski definition) is 1. The number of nitrogen functional groups attached to an aromatic ring is 1. The fraction of sp³-hybridized carbons (Fsp3) is 0.0769.